The third kappa shape index (κ3) is 5.63. The highest BCUT2D eigenvalue weighted by molar-refractivity contribution is 7.92. The highest BCUT2D eigenvalue weighted by Crippen LogP contribution is 2.29. The van der Waals surface area contributed by atoms with E-state index in [9.17, 15) is 18.0 Å². The standard InChI is InChI=1S/C23H22ClN3O5S/c1-14-8-9-15(2)17(12-14)23(29)26-25-22(28)16-10-11-18(24)21(13-16)33(30,31)27-19-6-4-5-7-20(19)32-3/h4-13,27H,1-3H3,(H,25,28)(H,26,29). The van der Waals surface area contributed by atoms with E-state index in [0.717, 1.165) is 17.2 Å². The minimum absolute atomic E-state index is 0.0129. The number of sulfonamides is 1. The van der Waals surface area contributed by atoms with Crippen LogP contribution in [0, 0.1) is 13.8 Å². The van der Waals surface area contributed by atoms with Crippen LogP contribution in [0.5, 0.6) is 5.75 Å². The summed E-state index contributed by atoms with van der Waals surface area (Å²) in [6.07, 6.45) is 0. The molecule has 0 aliphatic carbocycles. The van der Waals surface area contributed by atoms with Gasteiger partial charge in [-0.05, 0) is 55.8 Å². The number of ether oxygens (including phenoxy) is 1. The average Bonchev–Trinajstić information content (AvgIpc) is 2.79. The molecule has 0 aromatic heterocycles. The lowest BCUT2D eigenvalue weighted by Gasteiger charge is -2.14. The molecule has 0 spiro atoms. The molecule has 0 atom stereocenters. The highest BCUT2D eigenvalue weighted by atomic mass is 35.5. The molecular weight excluding hydrogens is 466 g/mol. The fourth-order valence-electron chi connectivity index (χ4n) is 3.01. The van der Waals surface area contributed by atoms with Crippen molar-refractivity contribution in [3.05, 3.63) is 87.9 Å². The van der Waals surface area contributed by atoms with E-state index in [2.05, 4.69) is 15.6 Å². The van der Waals surface area contributed by atoms with Gasteiger partial charge in [-0.3, -0.25) is 25.2 Å². The Morgan fingerprint density at radius 1 is 0.909 bits per heavy atom. The molecule has 172 valence electrons. The number of amides is 2. The van der Waals surface area contributed by atoms with Crippen molar-refractivity contribution >= 4 is 39.1 Å². The zero-order valence-corrected chi connectivity index (χ0v) is 19.7. The van der Waals surface area contributed by atoms with Gasteiger partial charge in [-0.25, -0.2) is 8.42 Å². The maximum Gasteiger partial charge on any atom is 0.269 e. The number of anilines is 1. The summed E-state index contributed by atoms with van der Waals surface area (Å²) in [6, 6.07) is 15.6. The Kier molecular flexibility index (Phi) is 7.25. The Bertz CT molecular complexity index is 1330. The maximum absolute atomic E-state index is 12.9. The first-order valence-electron chi connectivity index (χ1n) is 9.75. The van der Waals surface area contributed by atoms with E-state index in [1.165, 1.54) is 25.3 Å². The van der Waals surface area contributed by atoms with Crippen molar-refractivity contribution in [1.29, 1.82) is 0 Å². The van der Waals surface area contributed by atoms with E-state index in [0.29, 0.717) is 11.3 Å². The van der Waals surface area contributed by atoms with Gasteiger partial charge < -0.3 is 4.74 Å². The van der Waals surface area contributed by atoms with Crippen LogP contribution in [-0.2, 0) is 10.0 Å². The van der Waals surface area contributed by atoms with Crippen molar-refractivity contribution in [2.45, 2.75) is 18.7 Å². The van der Waals surface area contributed by atoms with Gasteiger partial charge in [-0.15, -0.1) is 0 Å². The van der Waals surface area contributed by atoms with E-state index in [1.54, 1.807) is 37.3 Å². The van der Waals surface area contributed by atoms with E-state index < -0.39 is 21.8 Å². The van der Waals surface area contributed by atoms with Crippen molar-refractivity contribution in [2.24, 2.45) is 0 Å². The van der Waals surface area contributed by atoms with Crippen LogP contribution in [0.2, 0.25) is 5.02 Å². The second kappa shape index (κ2) is 9.93. The molecule has 3 N–H and O–H groups in total. The summed E-state index contributed by atoms with van der Waals surface area (Å²) in [4.78, 5) is 24.7. The first-order valence-corrected chi connectivity index (χ1v) is 11.6. The Hall–Kier alpha value is -3.56. The Labute approximate surface area is 196 Å². The first-order chi connectivity index (χ1) is 15.6. The van der Waals surface area contributed by atoms with Crippen LogP contribution >= 0.6 is 11.6 Å². The molecule has 0 radical (unpaired) electrons. The van der Waals surface area contributed by atoms with Crippen molar-refractivity contribution in [3.8, 4) is 5.75 Å². The smallest absolute Gasteiger partial charge is 0.269 e. The van der Waals surface area contributed by atoms with Crippen LogP contribution in [0.1, 0.15) is 31.8 Å². The lowest BCUT2D eigenvalue weighted by atomic mass is 10.1. The van der Waals surface area contributed by atoms with Gasteiger partial charge in [0.2, 0.25) is 0 Å². The van der Waals surface area contributed by atoms with E-state index >= 15 is 0 Å². The zero-order valence-electron chi connectivity index (χ0n) is 18.1. The van der Waals surface area contributed by atoms with Gasteiger partial charge in [-0.1, -0.05) is 41.4 Å². The van der Waals surface area contributed by atoms with E-state index in [4.69, 9.17) is 16.3 Å². The van der Waals surface area contributed by atoms with Gasteiger partial charge in [0.15, 0.2) is 0 Å². The van der Waals surface area contributed by atoms with Gasteiger partial charge in [0.1, 0.15) is 10.6 Å². The van der Waals surface area contributed by atoms with Crippen molar-refractivity contribution < 1.29 is 22.7 Å². The van der Waals surface area contributed by atoms with E-state index in [-0.39, 0.29) is 21.2 Å². The van der Waals surface area contributed by atoms with E-state index in [1.807, 2.05) is 13.0 Å². The normalized spacial score (nSPS) is 10.9. The monoisotopic (exact) mass is 487 g/mol. The summed E-state index contributed by atoms with van der Waals surface area (Å²) in [7, 11) is -2.73. The lowest BCUT2D eigenvalue weighted by Crippen LogP contribution is -2.42. The number of hydrogen-bond donors (Lipinski definition) is 3. The number of para-hydroxylation sites is 2. The van der Waals surface area contributed by atoms with Gasteiger partial charge in [0.25, 0.3) is 21.8 Å². The molecule has 0 bridgehead atoms. The predicted molar refractivity (Wildman–Crippen MR) is 126 cm³/mol. The van der Waals surface area contributed by atoms with Crippen LogP contribution < -0.4 is 20.3 Å². The number of carbonyl (C=O) groups is 2. The summed E-state index contributed by atoms with van der Waals surface area (Å²) in [5.41, 5.74) is 6.89. The number of carbonyl (C=O) groups excluding carboxylic acids is 2. The summed E-state index contributed by atoms with van der Waals surface area (Å²) in [5, 5.41) is -0.0756. The van der Waals surface area contributed by atoms with Crippen LogP contribution in [-0.4, -0.2) is 27.3 Å². The maximum atomic E-state index is 12.9. The third-order valence-electron chi connectivity index (χ3n) is 4.76. The number of nitrogens with one attached hydrogen (secondary N) is 3. The fraction of sp³-hybridized carbons (Fsp3) is 0.130. The van der Waals surface area contributed by atoms with Crippen molar-refractivity contribution in [1.82, 2.24) is 10.9 Å². The molecule has 0 saturated heterocycles. The summed E-state index contributed by atoms with van der Waals surface area (Å²) >= 11 is 6.11. The molecule has 3 aromatic carbocycles. The highest BCUT2D eigenvalue weighted by Gasteiger charge is 2.22. The Morgan fingerprint density at radius 3 is 2.33 bits per heavy atom. The number of halogens is 1. The summed E-state index contributed by atoms with van der Waals surface area (Å²) in [6.45, 7) is 3.63. The van der Waals surface area contributed by atoms with Gasteiger partial charge in [0.05, 0.1) is 17.8 Å². The molecule has 0 aliphatic heterocycles. The predicted octanol–water partition coefficient (Wildman–Crippen LogP) is 3.84. The minimum atomic E-state index is -4.15. The largest absolute Gasteiger partial charge is 0.495 e. The number of methoxy groups -OCH3 is 1. The number of rotatable bonds is 6. The molecule has 0 saturated carbocycles. The van der Waals surface area contributed by atoms with Gasteiger partial charge >= 0.3 is 0 Å². The topological polar surface area (TPSA) is 114 Å². The molecule has 3 aromatic rings. The number of benzene rings is 3. The van der Waals surface area contributed by atoms with Gasteiger partial charge in [0, 0.05) is 11.1 Å². The third-order valence-corrected chi connectivity index (χ3v) is 6.61. The fourth-order valence-corrected chi connectivity index (χ4v) is 4.61. The number of aryl methyl sites for hydroxylation is 2. The molecule has 8 nitrogen and oxygen atoms in total. The zero-order chi connectivity index (χ0) is 24.2. The minimum Gasteiger partial charge on any atom is -0.495 e. The van der Waals surface area contributed by atoms with Crippen LogP contribution in [0.25, 0.3) is 0 Å². The average molecular weight is 488 g/mol. The quantitative estimate of drug-likeness (QED) is 0.457. The molecule has 10 heteroatoms. The molecule has 2 amide bonds. The molecule has 0 aliphatic rings. The van der Waals surface area contributed by atoms with Gasteiger partial charge in [-0.2, -0.15) is 0 Å². The number of hydrogen-bond acceptors (Lipinski definition) is 5. The number of hydrazine groups is 1. The Balaban J connectivity index is 1.79. The molecule has 33 heavy (non-hydrogen) atoms. The first kappa shape index (κ1) is 24.1. The second-order valence-corrected chi connectivity index (χ2v) is 9.24. The Morgan fingerprint density at radius 2 is 1.61 bits per heavy atom. The summed E-state index contributed by atoms with van der Waals surface area (Å²) in [5.74, 6) is -0.886. The van der Waals surface area contributed by atoms with Crippen molar-refractivity contribution in [3.63, 3.8) is 0 Å². The SMILES string of the molecule is COc1ccccc1NS(=O)(=O)c1cc(C(=O)NNC(=O)c2cc(C)ccc2C)ccc1Cl. The lowest BCUT2D eigenvalue weighted by molar-refractivity contribution is 0.0846. The van der Waals surface area contributed by atoms with Crippen LogP contribution in [0.4, 0.5) is 5.69 Å². The second-order valence-electron chi connectivity index (χ2n) is 7.18. The summed E-state index contributed by atoms with van der Waals surface area (Å²) < 4.78 is 33.4. The molecule has 3 rings (SSSR count). The molecule has 0 heterocycles. The van der Waals surface area contributed by atoms with Crippen LogP contribution in [0.3, 0.4) is 0 Å². The van der Waals surface area contributed by atoms with Crippen molar-refractivity contribution in [2.75, 3.05) is 11.8 Å². The van der Waals surface area contributed by atoms with Crippen LogP contribution in [0.15, 0.2) is 65.6 Å². The molecule has 0 fully saturated rings. The molecule has 0 unspecified atom stereocenters. The molecular formula is C23H22ClN3O5S.